The number of rotatable bonds is 7. The third kappa shape index (κ3) is 4.15. The molecule has 0 fully saturated rings. The number of nitrogens with two attached hydrogens (primary N) is 1. The highest BCUT2D eigenvalue weighted by atomic mass is 16.5. The van der Waals surface area contributed by atoms with Crippen molar-refractivity contribution >= 4 is 11.4 Å². The number of para-hydroxylation sites is 1. The average Bonchev–Trinajstić information content (AvgIpc) is 2.32. The molecular weight excluding hydrogens is 216 g/mol. The number of nitrogen functional groups attached to an aromatic ring is 1. The molecule has 0 aliphatic heterocycles. The largest absolute Gasteiger partial charge is 0.492 e. The van der Waals surface area contributed by atoms with Crippen LogP contribution in [0.4, 0.5) is 11.4 Å². The number of ether oxygens (including phenoxy) is 1. The molecule has 1 unspecified atom stereocenters. The first-order chi connectivity index (χ1) is 8.19. The number of benzene rings is 1. The molecule has 96 valence electrons. The van der Waals surface area contributed by atoms with Gasteiger partial charge in [-0.15, -0.1) is 0 Å². The van der Waals surface area contributed by atoms with Crippen LogP contribution in [-0.2, 0) is 0 Å². The summed E-state index contributed by atoms with van der Waals surface area (Å²) in [5.41, 5.74) is 7.54. The van der Waals surface area contributed by atoms with Crippen molar-refractivity contribution in [2.45, 2.75) is 32.7 Å². The third-order valence-corrected chi connectivity index (χ3v) is 2.56. The molecule has 1 rings (SSSR count). The van der Waals surface area contributed by atoms with Gasteiger partial charge in [0.1, 0.15) is 5.75 Å². The molecule has 1 atom stereocenters. The van der Waals surface area contributed by atoms with Gasteiger partial charge in [0.05, 0.1) is 18.0 Å². The highest BCUT2D eigenvalue weighted by Gasteiger charge is 2.08. The Labute approximate surface area is 103 Å². The highest BCUT2D eigenvalue weighted by Crippen LogP contribution is 2.30. The van der Waals surface area contributed by atoms with Crippen LogP contribution in [0.2, 0.25) is 0 Å². The summed E-state index contributed by atoms with van der Waals surface area (Å²) in [6.07, 6.45) is 1.70. The molecule has 0 spiro atoms. The van der Waals surface area contributed by atoms with Gasteiger partial charge in [-0.1, -0.05) is 6.07 Å². The van der Waals surface area contributed by atoms with Crippen molar-refractivity contribution < 1.29 is 9.84 Å². The molecule has 0 aliphatic rings. The van der Waals surface area contributed by atoms with E-state index in [1.54, 1.807) is 0 Å². The number of aliphatic hydroxyl groups is 1. The van der Waals surface area contributed by atoms with Gasteiger partial charge in [0.2, 0.25) is 0 Å². The van der Waals surface area contributed by atoms with Crippen molar-refractivity contribution in [3.05, 3.63) is 18.2 Å². The van der Waals surface area contributed by atoms with Crippen LogP contribution in [0.1, 0.15) is 26.7 Å². The predicted molar refractivity (Wildman–Crippen MR) is 71.4 cm³/mol. The minimum absolute atomic E-state index is 0.223. The van der Waals surface area contributed by atoms with E-state index in [9.17, 15) is 0 Å². The molecule has 0 bridgehead atoms. The highest BCUT2D eigenvalue weighted by molar-refractivity contribution is 5.73. The first-order valence-corrected chi connectivity index (χ1v) is 6.07. The van der Waals surface area contributed by atoms with Crippen LogP contribution in [0.15, 0.2) is 18.2 Å². The molecule has 4 nitrogen and oxygen atoms in total. The Morgan fingerprint density at radius 2 is 2.24 bits per heavy atom. The summed E-state index contributed by atoms with van der Waals surface area (Å²) in [5, 5.41) is 12.1. The summed E-state index contributed by atoms with van der Waals surface area (Å²) in [4.78, 5) is 0. The quantitative estimate of drug-likeness (QED) is 0.637. The maximum absolute atomic E-state index is 8.78. The second-order valence-electron chi connectivity index (χ2n) is 4.06. The number of nitrogens with one attached hydrogen (secondary N) is 1. The van der Waals surface area contributed by atoms with Crippen LogP contribution in [0.3, 0.4) is 0 Å². The van der Waals surface area contributed by atoms with Crippen LogP contribution in [0.5, 0.6) is 5.75 Å². The lowest BCUT2D eigenvalue weighted by molar-refractivity contribution is 0.282. The third-order valence-electron chi connectivity index (χ3n) is 2.56. The van der Waals surface area contributed by atoms with Crippen LogP contribution in [-0.4, -0.2) is 24.4 Å². The van der Waals surface area contributed by atoms with Gasteiger partial charge in [-0.25, -0.2) is 0 Å². The van der Waals surface area contributed by atoms with Crippen molar-refractivity contribution in [2.24, 2.45) is 0 Å². The molecule has 4 heteroatoms. The Balaban J connectivity index is 2.67. The smallest absolute Gasteiger partial charge is 0.144 e. The van der Waals surface area contributed by atoms with Gasteiger partial charge in [-0.05, 0) is 38.8 Å². The maximum atomic E-state index is 8.78. The van der Waals surface area contributed by atoms with E-state index in [1.807, 2.05) is 25.1 Å². The zero-order valence-corrected chi connectivity index (χ0v) is 10.6. The summed E-state index contributed by atoms with van der Waals surface area (Å²) in [7, 11) is 0. The molecule has 0 aromatic heterocycles. The SMILES string of the molecule is CCOc1cccc(NC(C)CCCO)c1N. The molecule has 0 heterocycles. The van der Waals surface area contributed by atoms with Gasteiger partial charge in [0, 0.05) is 12.6 Å². The lowest BCUT2D eigenvalue weighted by atomic mass is 10.1. The number of hydrogen-bond donors (Lipinski definition) is 3. The van der Waals surface area contributed by atoms with Crippen LogP contribution in [0.25, 0.3) is 0 Å². The molecule has 0 aliphatic carbocycles. The fourth-order valence-electron chi connectivity index (χ4n) is 1.69. The van der Waals surface area contributed by atoms with Gasteiger partial charge in [-0.2, -0.15) is 0 Å². The molecule has 17 heavy (non-hydrogen) atoms. The van der Waals surface area contributed by atoms with E-state index in [1.165, 1.54) is 0 Å². The van der Waals surface area contributed by atoms with Gasteiger partial charge in [0.25, 0.3) is 0 Å². The Morgan fingerprint density at radius 3 is 2.88 bits per heavy atom. The number of hydrogen-bond acceptors (Lipinski definition) is 4. The van der Waals surface area contributed by atoms with Crippen LogP contribution in [0, 0.1) is 0 Å². The second kappa shape index (κ2) is 7.01. The molecule has 1 aromatic rings. The fourth-order valence-corrected chi connectivity index (χ4v) is 1.69. The lowest BCUT2D eigenvalue weighted by Crippen LogP contribution is -2.16. The van der Waals surface area contributed by atoms with Gasteiger partial charge >= 0.3 is 0 Å². The minimum Gasteiger partial charge on any atom is -0.492 e. The topological polar surface area (TPSA) is 67.5 Å². The van der Waals surface area contributed by atoms with Crippen molar-refractivity contribution in [3.8, 4) is 5.75 Å². The number of aliphatic hydroxyl groups excluding tert-OH is 1. The van der Waals surface area contributed by atoms with Crippen LogP contribution >= 0.6 is 0 Å². The summed E-state index contributed by atoms with van der Waals surface area (Å²) in [6.45, 7) is 4.83. The summed E-state index contributed by atoms with van der Waals surface area (Å²) in [6, 6.07) is 6.00. The van der Waals surface area contributed by atoms with E-state index in [2.05, 4.69) is 12.2 Å². The Bertz CT molecular complexity index is 342. The molecule has 4 N–H and O–H groups in total. The predicted octanol–water partition coefficient (Wildman–Crippen LogP) is 2.24. The van der Waals surface area contributed by atoms with E-state index in [4.69, 9.17) is 15.6 Å². The zero-order chi connectivity index (χ0) is 12.7. The van der Waals surface area contributed by atoms with Gasteiger partial charge in [-0.3, -0.25) is 0 Å². The van der Waals surface area contributed by atoms with E-state index in [0.717, 1.165) is 18.5 Å². The molecule has 0 amide bonds. The average molecular weight is 238 g/mol. The van der Waals surface area contributed by atoms with Crippen molar-refractivity contribution in [1.29, 1.82) is 0 Å². The number of anilines is 2. The van der Waals surface area contributed by atoms with Gasteiger partial charge in [0.15, 0.2) is 0 Å². The Hall–Kier alpha value is -1.42. The lowest BCUT2D eigenvalue weighted by Gasteiger charge is -2.18. The monoisotopic (exact) mass is 238 g/mol. The maximum Gasteiger partial charge on any atom is 0.144 e. The first kappa shape index (κ1) is 13.6. The first-order valence-electron chi connectivity index (χ1n) is 6.07. The van der Waals surface area contributed by atoms with Gasteiger partial charge < -0.3 is 20.9 Å². The van der Waals surface area contributed by atoms with E-state index in [0.29, 0.717) is 18.0 Å². The molecular formula is C13H22N2O2. The Kier molecular flexibility index (Phi) is 5.63. The minimum atomic E-state index is 0.223. The standard InChI is InChI=1S/C13H22N2O2/c1-3-17-12-8-4-7-11(13(12)14)15-10(2)6-5-9-16/h4,7-8,10,15-16H,3,5-6,9,14H2,1-2H3. The zero-order valence-electron chi connectivity index (χ0n) is 10.6. The normalized spacial score (nSPS) is 12.2. The second-order valence-corrected chi connectivity index (χ2v) is 4.06. The molecule has 1 aromatic carbocycles. The summed E-state index contributed by atoms with van der Waals surface area (Å²) < 4.78 is 5.44. The molecule has 0 radical (unpaired) electrons. The van der Waals surface area contributed by atoms with Crippen LogP contribution < -0.4 is 15.8 Å². The van der Waals surface area contributed by atoms with E-state index >= 15 is 0 Å². The Morgan fingerprint density at radius 1 is 1.47 bits per heavy atom. The molecule has 0 saturated carbocycles. The molecule has 0 saturated heterocycles. The van der Waals surface area contributed by atoms with Crippen molar-refractivity contribution in [2.75, 3.05) is 24.3 Å². The summed E-state index contributed by atoms with van der Waals surface area (Å²) in [5.74, 6) is 0.715. The van der Waals surface area contributed by atoms with Crippen molar-refractivity contribution in [3.63, 3.8) is 0 Å². The van der Waals surface area contributed by atoms with E-state index in [-0.39, 0.29) is 12.6 Å². The summed E-state index contributed by atoms with van der Waals surface area (Å²) >= 11 is 0. The van der Waals surface area contributed by atoms with E-state index < -0.39 is 0 Å². The van der Waals surface area contributed by atoms with Crippen molar-refractivity contribution in [1.82, 2.24) is 0 Å². The fraction of sp³-hybridized carbons (Fsp3) is 0.538.